The Morgan fingerprint density at radius 2 is 2.32 bits per heavy atom. The Bertz CT molecular complexity index is 537. The molecule has 1 atom stereocenters. The van der Waals surface area contributed by atoms with Crippen LogP contribution in [-0.2, 0) is 4.79 Å². The number of nitrogens with one attached hydrogen (secondary N) is 1. The van der Waals surface area contributed by atoms with E-state index < -0.39 is 6.10 Å². The Labute approximate surface area is 111 Å². The minimum absolute atomic E-state index is 0.151. The maximum Gasteiger partial charge on any atom is 0.224 e. The summed E-state index contributed by atoms with van der Waals surface area (Å²) >= 11 is 0. The number of rotatable bonds is 5. The lowest BCUT2D eigenvalue weighted by atomic mass is 10.2. The SMILES string of the molecule is CC(O)CCC(=O)Nc1cccnc1-n1cccn1. The maximum atomic E-state index is 11.8. The van der Waals surface area contributed by atoms with Crippen molar-refractivity contribution >= 4 is 11.6 Å². The van der Waals surface area contributed by atoms with Gasteiger partial charge in [-0.25, -0.2) is 9.67 Å². The zero-order chi connectivity index (χ0) is 13.7. The molecule has 100 valence electrons. The van der Waals surface area contributed by atoms with Crippen molar-refractivity contribution in [1.29, 1.82) is 0 Å². The van der Waals surface area contributed by atoms with Crippen molar-refractivity contribution in [2.45, 2.75) is 25.9 Å². The molecule has 0 spiro atoms. The van der Waals surface area contributed by atoms with E-state index in [4.69, 9.17) is 5.11 Å². The molecule has 2 aromatic rings. The number of aromatic nitrogens is 3. The summed E-state index contributed by atoms with van der Waals surface area (Å²) in [5.41, 5.74) is 0.599. The molecular formula is C13H16N4O2. The second-order valence-corrected chi connectivity index (χ2v) is 4.26. The molecule has 0 bridgehead atoms. The maximum absolute atomic E-state index is 11.8. The molecule has 0 aliphatic rings. The summed E-state index contributed by atoms with van der Waals surface area (Å²) < 4.78 is 1.59. The topological polar surface area (TPSA) is 80.0 Å². The van der Waals surface area contributed by atoms with Crippen LogP contribution in [-0.4, -0.2) is 31.9 Å². The number of hydrogen-bond acceptors (Lipinski definition) is 4. The predicted octanol–water partition coefficient (Wildman–Crippen LogP) is 1.37. The molecule has 6 heteroatoms. The number of pyridine rings is 1. The Morgan fingerprint density at radius 3 is 3.00 bits per heavy atom. The fourth-order valence-corrected chi connectivity index (χ4v) is 1.62. The van der Waals surface area contributed by atoms with Crippen molar-refractivity contribution in [3.63, 3.8) is 0 Å². The van der Waals surface area contributed by atoms with Gasteiger partial charge in [-0.1, -0.05) is 0 Å². The van der Waals surface area contributed by atoms with Gasteiger partial charge in [-0.05, 0) is 31.5 Å². The lowest BCUT2D eigenvalue weighted by Gasteiger charge is -2.10. The third kappa shape index (κ3) is 3.62. The number of carbonyl (C=O) groups excluding carboxylic acids is 1. The molecule has 19 heavy (non-hydrogen) atoms. The van der Waals surface area contributed by atoms with Crippen LogP contribution in [0.4, 0.5) is 5.69 Å². The highest BCUT2D eigenvalue weighted by atomic mass is 16.3. The highest BCUT2D eigenvalue weighted by molar-refractivity contribution is 5.92. The Balaban J connectivity index is 2.10. The minimum Gasteiger partial charge on any atom is -0.393 e. The zero-order valence-corrected chi connectivity index (χ0v) is 10.7. The largest absolute Gasteiger partial charge is 0.393 e. The fourth-order valence-electron chi connectivity index (χ4n) is 1.62. The Morgan fingerprint density at radius 1 is 1.47 bits per heavy atom. The molecule has 2 aromatic heterocycles. The number of amides is 1. The standard InChI is InChI=1S/C13H16N4O2/c1-10(18)5-6-12(19)16-11-4-2-7-14-13(11)17-9-3-8-15-17/h2-4,7-10,18H,5-6H2,1H3,(H,16,19). The normalized spacial score (nSPS) is 12.1. The van der Waals surface area contributed by atoms with Gasteiger partial charge in [0.15, 0.2) is 5.82 Å². The Kier molecular flexibility index (Phi) is 4.25. The molecule has 0 aliphatic carbocycles. The minimum atomic E-state index is -0.481. The van der Waals surface area contributed by atoms with Crippen LogP contribution in [0.25, 0.3) is 5.82 Å². The molecule has 6 nitrogen and oxygen atoms in total. The van der Waals surface area contributed by atoms with Crippen LogP contribution < -0.4 is 5.32 Å². The van der Waals surface area contributed by atoms with Crippen LogP contribution in [0, 0.1) is 0 Å². The second-order valence-electron chi connectivity index (χ2n) is 4.26. The predicted molar refractivity (Wildman–Crippen MR) is 70.9 cm³/mol. The first-order chi connectivity index (χ1) is 9.16. The summed E-state index contributed by atoms with van der Waals surface area (Å²) in [4.78, 5) is 16.0. The molecule has 1 unspecified atom stereocenters. The summed E-state index contributed by atoms with van der Waals surface area (Å²) in [7, 11) is 0. The van der Waals surface area contributed by atoms with Crippen LogP contribution in [0.3, 0.4) is 0 Å². The average Bonchev–Trinajstić information content (AvgIpc) is 2.91. The summed E-state index contributed by atoms with van der Waals surface area (Å²) in [5.74, 6) is 0.417. The van der Waals surface area contributed by atoms with Gasteiger partial charge in [-0.3, -0.25) is 4.79 Å². The van der Waals surface area contributed by atoms with Crippen molar-refractivity contribution in [2.24, 2.45) is 0 Å². The van der Waals surface area contributed by atoms with Crippen LogP contribution in [0.15, 0.2) is 36.8 Å². The van der Waals surface area contributed by atoms with E-state index in [1.807, 2.05) is 0 Å². The molecule has 2 heterocycles. The molecule has 0 radical (unpaired) electrons. The van der Waals surface area contributed by atoms with Crippen molar-refractivity contribution < 1.29 is 9.90 Å². The summed E-state index contributed by atoms with van der Waals surface area (Å²) in [6.45, 7) is 1.66. The summed E-state index contributed by atoms with van der Waals surface area (Å²) in [5, 5.41) is 16.0. The number of nitrogens with zero attached hydrogens (tertiary/aromatic N) is 3. The molecule has 0 fully saturated rings. The van der Waals surface area contributed by atoms with E-state index >= 15 is 0 Å². The fraction of sp³-hybridized carbons (Fsp3) is 0.308. The van der Waals surface area contributed by atoms with Gasteiger partial charge in [0.25, 0.3) is 0 Å². The van der Waals surface area contributed by atoms with Crippen LogP contribution in [0.5, 0.6) is 0 Å². The molecule has 2 rings (SSSR count). The lowest BCUT2D eigenvalue weighted by Crippen LogP contribution is -2.16. The first-order valence-electron chi connectivity index (χ1n) is 6.10. The molecule has 2 N–H and O–H groups in total. The van der Waals surface area contributed by atoms with Crippen molar-refractivity contribution in [3.8, 4) is 5.82 Å². The van der Waals surface area contributed by atoms with Gasteiger partial charge in [-0.15, -0.1) is 0 Å². The van der Waals surface area contributed by atoms with Gasteiger partial charge in [0.2, 0.25) is 5.91 Å². The molecular weight excluding hydrogens is 244 g/mol. The van der Waals surface area contributed by atoms with Crippen molar-refractivity contribution in [1.82, 2.24) is 14.8 Å². The van der Waals surface area contributed by atoms with Crippen LogP contribution >= 0.6 is 0 Å². The monoisotopic (exact) mass is 260 g/mol. The number of anilines is 1. The summed E-state index contributed by atoms with van der Waals surface area (Å²) in [6, 6.07) is 5.30. The van der Waals surface area contributed by atoms with Gasteiger partial charge in [0, 0.05) is 25.0 Å². The number of aliphatic hydroxyl groups excluding tert-OH is 1. The van der Waals surface area contributed by atoms with E-state index in [1.165, 1.54) is 0 Å². The van der Waals surface area contributed by atoms with Crippen LogP contribution in [0.2, 0.25) is 0 Å². The molecule has 0 saturated heterocycles. The third-order valence-corrected chi connectivity index (χ3v) is 2.57. The smallest absolute Gasteiger partial charge is 0.224 e. The van der Waals surface area contributed by atoms with E-state index in [-0.39, 0.29) is 12.3 Å². The lowest BCUT2D eigenvalue weighted by molar-refractivity contribution is -0.116. The first kappa shape index (κ1) is 13.2. The summed E-state index contributed by atoms with van der Waals surface area (Å²) in [6.07, 6.45) is 5.27. The van der Waals surface area contributed by atoms with Crippen LogP contribution in [0.1, 0.15) is 19.8 Å². The first-order valence-corrected chi connectivity index (χ1v) is 6.10. The van der Waals surface area contributed by atoms with E-state index in [1.54, 1.807) is 48.4 Å². The third-order valence-electron chi connectivity index (χ3n) is 2.57. The van der Waals surface area contributed by atoms with Gasteiger partial charge < -0.3 is 10.4 Å². The van der Waals surface area contributed by atoms with Gasteiger partial charge in [-0.2, -0.15) is 5.10 Å². The number of aliphatic hydroxyl groups is 1. The van der Waals surface area contributed by atoms with E-state index in [9.17, 15) is 4.79 Å². The number of carbonyl (C=O) groups is 1. The number of hydrogen-bond donors (Lipinski definition) is 2. The zero-order valence-electron chi connectivity index (χ0n) is 10.7. The van der Waals surface area contributed by atoms with E-state index in [0.717, 1.165) is 0 Å². The average molecular weight is 260 g/mol. The quantitative estimate of drug-likeness (QED) is 0.850. The Hall–Kier alpha value is -2.21. The highest BCUT2D eigenvalue weighted by Crippen LogP contribution is 2.16. The van der Waals surface area contributed by atoms with Gasteiger partial charge >= 0.3 is 0 Å². The molecule has 0 saturated carbocycles. The van der Waals surface area contributed by atoms with Crippen molar-refractivity contribution in [3.05, 3.63) is 36.8 Å². The second kappa shape index (κ2) is 6.10. The molecule has 0 aliphatic heterocycles. The van der Waals surface area contributed by atoms with E-state index in [2.05, 4.69) is 15.4 Å². The molecule has 1 amide bonds. The van der Waals surface area contributed by atoms with Gasteiger partial charge in [0.1, 0.15) is 0 Å². The van der Waals surface area contributed by atoms with E-state index in [0.29, 0.717) is 17.9 Å². The highest BCUT2D eigenvalue weighted by Gasteiger charge is 2.10. The van der Waals surface area contributed by atoms with Gasteiger partial charge in [0.05, 0.1) is 11.8 Å². The van der Waals surface area contributed by atoms with Crippen molar-refractivity contribution in [2.75, 3.05) is 5.32 Å². The molecule has 0 aromatic carbocycles.